The van der Waals surface area contributed by atoms with Gasteiger partial charge in [-0.05, 0) is 43.5 Å². The third-order valence-corrected chi connectivity index (χ3v) is 4.50. The van der Waals surface area contributed by atoms with E-state index in [-0.39, 0.29) is 5.91 Å². The van der Waals surface area contributed by atoms with E-state index in [0.717, 1.165) is 37.4 Å². The van der Waals surface area contributed by atoms with E-state index in [1.165, 1.54) is 31.2 Å². The average Bonchev–Trinajstić information content (AvgIpc) is 2.77. The van der Waals surface area contributed by atoms with Crippen molar-refractivity contribution in [1.29, 1.82) is 0 Å². The molecule has 0 aromatic heterocycles. The molecule has 0 unspecified atom stereocenters. The number of nitrogens with one attached hydrogen (secondary N) is 2. The Morgan fingerprint density at radius 2 is 1.73 bits per heavy atom. The zero-order valence-corrected chi connectivity index (χ0v) is 14.0. The average molecular weight is 323 g/mol. The van der Waals surface area contributed by atoms with E-state index in [0.29, 0.717) is 12.5 Å². The lowest BCUT2D eigenvalue weighted by molar-refractivity contribution is -0.121. The summed E-state index contributed by atoms with van der Waals surface area (Å²) in [4.78, 5) is 11.9. The molecule has 2 rings (SSSR count). The van der Waals surface area contributed by atoms with Gasteiger partial charge in [-0.2, -0.15) is 0 Å². The molecule has 2 N–H and O–H groups in total. The Kier molecular flexibility index (Phi) is 7.75. The van der Waals surface area contributed by atoms with Crippen molar-refractivity contribution in [3.05, 3.63) is 34.9 Å². The summed E-state index contributed by atoms with van der Waals surface area (Å²) < 4.78 is 0. The molecule has 1 aromatic rings. The molecule has 0 atom stereocenters. The zero-order chi connectivity index (χ0) is 15.6. The maximum absolute atomic E-state index is 11.9. The van der Waals surface area contributed by atoms with Crippen LogP contribution in [0.4, 0.5) is 0 Å². The molecule has 3 nitrogen and oxygen atoms in total. The van der Waals surface area contributed by atoms with Gasteiger partial charge in [-0.1, -0.05) is 49.4 Å². The molecule has 1 fully saturated rings. The molecule has 0 radical (unpaired) electrons. The molecule has 122 valence electrons. The molecule has 1 aliphatic rings. The minimum absolute atomic E-state index is 0.186. The molecule has 0 heterocycles. The highest BCUT2D eigenvalue weighted by Gasteiger charge is 2.14. The molecular formula is C18H27ClN2O. The lowest BCUT2D eigenvalue weighted by Crippen LogP contribution is -2.36. The topological polar surface area (TPSA) is 41.1 Å². The van der Waals surface area contributed by atoms with Crippen molar-refractivity contribution >= 4 is 17.5 Å². The van der Waals surface area contributed by atoms with E-state index in [1.54, 1.807) is 0 Å². The maximum atomic E-state index is 11.9. The van der Waals surface area contributed by atoms with E-state index in [4.69, 9.17) is 11.6 Å². The minimum atomic E-state index is 0.186. The summed E-state index contributed by atoms with van der Waals surface area (Å²) in [7, 11) is 0. The Morgan fingerprint density at radius 1 is 1.05 bits per heavy atom. The van der Waals surface area contributed by atoms with Crippen molar-refractivity contribution in [3.63, 3.8) is 0 Å². The highest BCUT2D eigenvalue weighted by atomic mass is 35.5. The van der Waals surface area contributed by atoms with Crippen molar-refractivity contribution in [1.82, 2.24) is 10.6 Å². The first-order valence-electron chi connectivity index (χ1n) is 8.48. The number of rotatable bonds is 7. The number of amides is 1. The van der Waals surface area contributed by atoms with Gasteiger partial charge < -0.3 is 10.6 Å². The first-order chi connectivity index (χ1) is 10.7. The third kappa shape index (κ3) is 6.80. The van der Waals surface area contributed by atoms with E-state index >= 15 is 0 Å². The van der Waals surface area contributed by atoms with Crippen LogP contribution in [0.5, 0.6) is 0 Å². The highest BCUT2D eigenvalue weighted by molar-refractivity contribution is 6.30. The fourth-order valence-corrected chi connectivity index (χ4v) is 3.06. The van der Waals surface area contributed by atoms with Crippen LogP contribution in [0.1, 0.15) is 50.5 Å². The van der Waals surface area contributed by atoms with E-state index in [9.17, 15) is 4.79 Å². The van der Waals surface area contributed by atoms with Gasteiger partial charge in [0.2, 0.25) is 5.91 Å². The summed E-state index contributed by atoms with van der Waals surface area (Å²) in [6.07, 6.45) is 8.97. The molecule has 22 heavy (non-hydrogen) atoms. The molecule has 1 aliphatic carbocycles. The Morgan fingerprint density at radius 3 is 2.41 bits per heavy atom. The number of hydrogen-bond acceptors (Lipinski definition) is 2. The standard InChI is InChI=1S/C18H27ClN2O/c19-16-9-7-15(8-10-16)11-13-20-14-12-18(22)21-17-5-3-1-2-4-6-17/h7-10,17,20H,1-6,11-14H2,(H,21,22). The van der Waals surface area contributed by atoms with Crippen LogP contribution >= 0.6 is 11.6 Å². The van der Waals surface area contributed by atoms with E-state index in [2.05, 4.69) is 10.6 Å². The summed E-state index contributed by atoms with van der Waals surface area (Å²) in [6, 6.07) is 8.32. The van der Waals surface area contributed by atoms with Crippen LogP contribution in [0.15, 0.2) is 24.3 Å². The first kappa shape index (κ1) is 17.3. The monoisotopic (exact) mass is 322 g/mol. The predicted octanol–water partition coefficient (Wildman–Crippen LogP) is 3.70. The summed E-state index contributed by atoms with van der Waals surface area (Å²) >= 11 is 5.86. The lowest BCUT2D eigenvalue weighted by atomic mass is 10.1. The van der Waals surface area contributed by atoms with Gasteiger partial charge in [-0.3, -0.25) is 4.79 Å². The fourth-order valence-electron chi connectivity index (χ4n) is 2.93. The van der Waals surface area contributed by atoms with Crippen LogP contribution in [0.25, 0.3) is 0 Å². The van der Waals surface area contributed by atoms with Gasteiger partial charge in [0.05, 0.1) is 0 Å². The number of benzene rings is 1. The van der Waals surface area contributed by atoms with Crippen molar-refractivity contribution in [2.75, 3.05) is 13.1 Å². The normalized spacial score (nSPS) is 16.2. The van der Waals surface area contributed by atoms with Crippen LogP contribution in [-0.4, -0.2) is 25.0 Å². The molecule has 0 aliphatic heterocycles. The van der Waals surface area contributed by atoms with Crippen molar-refractivity contribution in [3.8, 4) is 0 Å². The summed E-state index contributed by atoms with van der Waals surface area (Å²) in [6.45, 7) is 1.63. The van der Waals surface area contributed by atoms with E-state index < -0.39 is 0 Å². The number of carbonyl (C=O) groups excluding carboxylic acids is 1. The molecule has 0 bridgehead atoms. The van der Waals surface area contributed by atoms with Crippen LogP contribution in [0.2, 0.25) is 5.02 Å². The number of hydrogen-bond donors (Lipinski definition) is 2. The quantitative estimate of drug-likeness (QED) is 0.593. The number of carbonyl (C=O) groups is 1. The summed E-state index contributed by atoms with van der Waals surface area (Å²) in [5.74, 6) is 0.186. The van der Waals surface area contributed by atoms with Crippen molar-refractivity contribution in [2.24, 2.45) is 0 Å². The highest BCUT2D eigenvalue weighted by Crippen LogP contribution is 2.17. The van der Waals surface area contributed by atoms with Gasteiger partial charge in [0.1, 0.15) is 0 Å². The zero-order valence-electron chi connectivity index (χ0n) is 13.2. The predicted molar refractivity (Wildman–Crippen MR) is 92.3 cm³/mol. The molecule has 0 spiro atoms. The number of halogens is 1. The van der Waals surface area contributed by atoms with Gasteiger partial charge in [-0.25, -0.2) is 0 Å². The van der Waals surface area contributed by atoms with Crippen molar-refractivity contribution < 1.29 is 4.79 Å². The Balaban J connectivity index is 1.54. The van der Waals surface area contributed by atoms with Crippen LogP contribution in [0, 0.1) is 0 Å². The lowest BCUT2D eigenvalue weighted by Gasteiger charge is -2.16. The minimum Gasteiger partial charge on any atom is -0.353 e. The summed E-state index contributed by atoms with van der Waals surface area (Å²) in [5.41, 5.74) is 1.26. The maximum Gasteiger partial charge on any atom is 0.221 e. The first-order valence-corrected chi connectivity index (χ1v) is 8.86. The molecule has 1 saturated carbocycles. The van der Waals surface area contributed by atoms with Gasteiger partial charge in [-0.15, -0.1) is 0 Å². The smallest absolute Gasteiger partial charge is 0.221 e. The Labute approximate surface area is 138 Å². The van der Waals surface area contributed by atoms with Gasteiger partial charge in [0, 0.05) is 24.0 Å². The molecule has 1 amide bonds. The SMILES string of the molecule is O=C(CCNCCc1ccc(Cl)cc1)NC1CCCCCC1. The summed E-state index contributed by atoms with van der Waals surface area (Å²) in [5, 5.41) is 7.29. The second-order valence-corrected chi connectivity index (χ2v) is 6.57. The largest absolute Gasteiger partial charge is 0.353 e. The van der Waals surface area contributed by atoms with Crippen LogP contribution < -0.4 is 10.6 Å². The Bertz CT molecular complexity index is 439. The van der Waals surface area contributed by atoms with E-state index in [1.807, 2.05) is 24.3 Å². The fraction of sp³-hybridized carbons (Fsp3) is 0.611. The molecule has 4 heteroatoms. The van der Waals surface area contributed by atoms with Crippen molar-refractivity contribution in [2.45, 2.75) is 57.4 Å². The second-order valence-electron chi connectivity index (χ2n) is 6.13. The van der Waals surface area contributed by atoms with Crippen LogP contribution in [0.3, 0.4) is 0 Å². The molecular weight excluding hydrogens is 296 g/mol. The van der Waals surface area contributed by atoms with Gasteiger partial charge in [0.25, 0.3) is 0 Å². The second kappa shape index (κ2) is 9.86. The molecule has 0 saturated heterocycles. The van der Waals surface area contributed by atoms with Gasteiger partial charge >= 0.3 is 0 Å². The third-order valence-electron chi connectivity index (χ3n) is 4.25. The Hall–Kier alpha value is -1.06. The molecule has 1 aromatic carbocycles. The van der Waals surface area contributed by atoms with Gasteiger partial charge in [0.15, 0.2) is 0 Å². The van der Waals surface area contributed by atoms with Crippen LogP contribution in [-0.2, 0) is 11.2 Å².